The minimum Gasteiger partial charge on any atom is -0.481 e. The standard InChI is InChI=1S/C17H32N2O5/c1-6-9(7-2)13(18)12-11(8-10(14(12)20)15(21)22)19-16(23)24-17(3,4)5/h9-14,20H,6-8,18H2,1-5H3,(H,19,23)(H,21,22). The lowest BCUT2D eigenvalue weighted by atomic mass is 9.81. The van der Waals surface area contributed by atoms with E-state index >= 15 is 0 Å². The molecule has 1 aliphatic rings. The molecule has 0 aliphatic heterocycles. The molecule has 7 nitrogen and oxygen atoms in total. The maximum atomic E-state index is 12.1. The summed E-state index contributed by atoms with van der Waals surface area (Å²) in [6, 6.07) is -0.911. The first-order chi connectivity index (χ1) is 11.0. The van der Waals surface area contributed by atoms with Crippen LogP contribution in [0, 0.1) is 17.8 Å². The van der Waals surface area contributed by atoms with Crippen molar-refractivity contribution < 1.29 is 24.5 Å². The molecule has 7 heteroatoms. The zero-order valence-corrected chi connectivity index (χ0v) is 15.3. The molecule has 5 atom stereocenters. The first-order valence-corrected chi connectivity index (χ1v) is 8.67. The van der Waals surface area contributed by atoms with Gasteiger partial charge < -0.3 is 26.0 Å². The molecule has 5 N–H and O–H groups in total. The number of carbonyl (C=O) groups excluding carboxylic acids is 1. The first kappa shape index (κ1) is 20.7. The van der Waals surface area contributed by atoms with Gasteiger partial charge in [0.15, 0.2) is 0 Å². The van der Waals surface area contributed by atoms with Crippen molar-refractivity contribution in [2.45, 2.75) is 77.7 Å². The van der Waals surface area contributed by atoms with Crippen molar-refractivity contribution in [1.29, 1.82) is 0 Å². The van der Waals surface area contributed by atoms with Crippen LogP contribution in [0.3, 0.4) is 0 Å². The second kappa shape index (κ2) is 8.16. The van der Waals surface area contributed by atoms with Crippen molar-refractivity contribution >= 4 is 12.1 Å². The third kappa shape index (κ3) is 5.08. The summed E-state index contributed by atoms with van der Waals surface area (Å²) in [5.41, 5.74) is 5.69. The summed E-state index contributed by atoms with van der Waals surface area (Å²) >= 11 is 0. The summed E-state index contributed by atoms with van der Waals surface area (Å²) in [7, 11) is 0. The summed E-state index contributed by atoms with van der Waals surface area (Å²) < 4.78 is 5.25. The molecule has 1 amide bonds. The van der Waals surface area contributed by atoms with Crippen molar-refractivity contribution in [1.82, 2.24) is 5.32 Å². The predicted octanol–water partition coefficient (Wildman–Crippen LogP) is 1.72. The SMILES string of the molecule is CCC(CC)C(N)C1C(NC(=O)OC(C)(C)C)CC(C(=O)O)C1O. The van der Waals surface area contributed by atoms with Gasteiger partial charge in [0.1, 0.15) is 5.60 Å². The molecule has 0 aromatic heterocycles. The van der Waals surface area contributed by atoms with Gasteiger partial charge in [-0.2, -0.15) is 0 Å². The summed E-state index contributed by atoms with van der Waals surface area (Å²) in [4.78, 5) is 23.5. The van der Waals surface area contributed by atoms with Gasteiger partial charge in [-0.3, -0.25) is 4.79 Å². The number of ether oxygens (including phenoxy) is 1. The fourth-order valence-corrected chi connectivity index (χ4v) is 3.58. The van der Waals surface area contributed by atoms with Gasteiger partial charge in [0, 0.05) is 18.0 Å². The number of carboxylic acid groups (broad SMARTS) is 1. The molecular formula is C17H32N2O5. The number of aliphatic hydroxyl groups is 1. The van der Waals surface area contributed by atoms with Crippen LogP contribution >= 0.6 is 0 Å². The number of hydrogen-bond donors (Lipinski definition) is 4. The predicted molar refractivity (Wildman–Crippen MR) is 90.4 cm³/mol. The average molecular weight is 344 g/mol. The van der Waals surface area contributed by atoms with E-state index in [1.165, 1.54) is 0 Å². The van der Waals surface area contributed by atoms with Crippen molar-refractivity contribution in [2.24, 2.45) is 23.5 Å². The highest BCUT2D eigenvalue weighted by Crippen LogP contribution is 2.37. The number of aliphatic hydroxyl groups excluding tert-OH is 1. The van der Waals surface area contributed by atoms with Gasteiger partial charge in [-0.05, 0) is 33.1 Å². The quantitative estimate of drug-likeness (QED) is 0.582. The van der Waals surface area contributed by atoms with E-state index in [2.05, 4.69) is 5.32 Å². The van der Waals surface area contributed by atoms with Gasteiger partial charge in [0.25, 0.3) is 0 Å². The maximum absolute atomic E-state index is 12.1. The molecule has 0 heterocycles. The fourth-order valence-electron chi connectivity index (χ4n) is 3.58. The minimum absolute atomic E-state index is 0.147. The molecule has 0 saturated heterocycles. The number of rotatable bonds is 6. The Balaban J connectivity index is 2.96. The lowest BCUT2D eigenvalue weighted by Crippen LogP contribution is -2.51. The van der Waals surface area contributed by atoms with E-state index in [0.29, 0.717) is 0 Å². The van der Waals surface area contributed by atoms with Gasteiger partial charge in [-0.25, -0.2) is 4.79 Å². The Kier molecular flexibility index (Phi) is 7.04. The molecule has 0 radical (unpaired) electrons. The van der Waals surface area contributed by atoms with E-state index in [0.717, 1.165) is 12.8 Å². The number of carbonyl (C=O) groups is 2. The third-order valence-corrected chi connectivity index (χ3v) is 4.84. The van der Waals surface area contributed by atoms with E-state index < -0.39 is 41.6 Å². The second-order valence-corrected chi connectivity index (χ2v) is 7.66. The van der Waals surface area contributed by atoms with E-state index in [-0.39, 0.29) is 18.4 Å². The Morgan fingerprint density at radius 1 is 1.29 bits per heavy atom. The highest BCUT2D eigenvalue weighted by atomic mass is 16.6. The lowest BCUT2D eigenvalue weighted by molar-refractivity contribution is -0.145. The van der Waals surface area contributed by atoms with E-state index in [1.807, 2.05) is 13.8 Å². The Morgan fingerprint density at radius 2 is 1.83 bits per heavy atom. The van der Waals surface area contributed by atoms with Crippen LogP contribution in [-0.4, -0.2) is 46.1 Å². The molecular weight excluding hydrogens is 312 g/mol. The lowest BCUT2D eigenvalue weighted by Gasteiger charge is -2.33. The highest BCUT2D eigenvalue weighted by Gasteiger charge is 2.50. The van der Waals surface area contributed by atoms with Crippen molar-refractivity contribution in [2.75, 3.05) is 0 Å². The molecule has 140 valence electrons. The highest BCUT2D eigenvalue weighted by molar-refractivity contribution is 5.72. The second-order valence-electron chi connectivity index (χ2n) is 7.66. The van der Waals surface area contributed by atoms with Crippen LogP contribution < -0.4 is 11.1 Å². The Hall–Kier alpha value is -1.34. The summed E-state index contributed by atoms with van der Waals surface area (Å²) in [6.45, 7) is 9.29. The van der Waals surface area contributed by atoms with E-state index in [9.17, 15) is 19.8 Å². The topological polar surface area (TPSA) is 122 Å². The normalized spacial score (nSPS) is 28.7. The zero-order chi connectivity index (χ0) is 18.7. The monoisotopic (exact) mass is 344 g/mol. The molecule has 0 spiro atoms. The van der Waals surface area contributed by atoms with Crippen molar-refractivity contribution in [3.05, 3.63) is 0 Å². The van der Waals surface area contributed by atoms with Gasteiger partial charge in [0.2, 0.25) is 0 Å². The molecule has 1 rings (SSSR count). The van der Waals surface area contributed by atoms with Crippen LogP contribution in [-0.2, 0) is 9.53 Å². The van der Waals surface area contributed by atoms with Gasteiger partial charge in [0.05, 0.1) is 12.0 Å². The van der Waals surface area contributed by atoms with Gasteiger partial charge in [-0.1, -0.05) is 26.7 Å². The number of carboxylic acids is 1. The van der Waals surface area contributed by atoms with E-state index in [4.69, 9.17) is 10.5 Å². The third-order valence-electron chi connectivity index (χ3n) is 4.84. The van der Waals surface area contributed by atoms with Crippen LogP contribution in [0.4, 0.5) is 4.79 Å². The Morgan fingerprint density at radius 3 is 2.25 bits per heavy atom. The summed E-state index contributed by atoms with van der Waals surface area (Å²) in [6.07, 6.45) is 0.106. The smallest absolute Gasteiger partial charge is 0.407 e. The summed E-state index contributed by atoms with van der Waals surface area (Å²) in [5, 5.41) is 22.5. The van der Waals surface area contributed by atoms with Crippen LogP contribution in [0.2, 0.25) is 0 Å². The Labute approximate surface area is 143 Å². The molecule has 24 heavy (non-hydrogen) atoms. The van der Waals surface area contributed by atoms with Crippen LogP contribution in [0.1, 0.15) is 53.9 Å². The largest absolute Gasteiger partial charge is 0.481 e. The molecule has 0 bridgehead atoms. The first-order valence-electron chi connectivity index (χ1n) is 8.67. The number of nitrogens with one attached hydrogen (secondary N) is 1. The number of amides is 1. The number of aliphatic carboxylic acids is 1. The maximum Gasteiger partial charge on any atom is 0.407 e. The molecule has 0 aromatic carbocycles. The average Bonchev–Trinajstić information content (AvgIpc) is 2.74. The van der Waals surface area contributed by atoms with Gasteiger partial charge in [-0.15, -0.1) is 0 Å². The summed E-state index contributed by atoms with van der Waals surface area (Å²) in [5.74, 6) is -2.36. The number of hydrogen-bond acceptors (Lipinski definition) is 5. The molecule has 1 fully saturated rings. The Bertz CT molecular complexity index is 445. The van der Waals surface area contributed by atoms with Crippen molar-refractivity contribution in [3.8, 4) is 0 Å². The zero-order valence-electron chi connectivity index (χ0n) is 15.3. The molecule has 1 aliphatic carbocycles. The molecule has 1 saturated carbocycles. The molecule has 5 unspecified atom stereocenters. The minimum atomic E-state index is -1.09. The van der Waals surface area contributed by atoms with Gasteiger partial charge >= 0.3 is 12.1 Å². The van der Waals surface area contributed by atoms with Crippen LogP contribution in [0.5, 0.6) is 0 Å². The van der Waals surface area contributed by atoms with E-state index in [1.54, 1.807) is 20.8 Å². The number of alkyl carbamates (subject to hydrolysis) is 1. The van der Waals surface area contributed by atoms with Crippen LogP contribution in [0.15, 0.2) is 0 Å². The molecule has 0 aromatic rings. The fraction of sp³-hybridized carbons (Fsp3) is 0.882. The van der Waals surface area contributed by atoms with Crippen molar-refractivity contribution in [3.63, 3.8) is 0 Å². The number of nitrogens with two attached hydrogens (primary N) is 1. The van der Waals surface area contributed by atoms with Crippen LogP contribution in [0.25, 0.3) is 0 Å².